The van der Waals surface area contributed by atoms with Crippen LogP contribution in [0.15, 0.2) is 6.07 Å². The molecular weight excluding hydrogens is 263 g/mol. The molecule has 0 radical (unpaired) electrons. The molecule has 1 aromatic rings. The number of carbonyl (C=O) groups is 1. The maximum Gasteiger partial charge on any atom is 0.433 e. The Balaban J connectivity index is 3.57. The lowest BCUT2D eigenvalue weighted by atomic mass is 10.1. The van der Waals surface area contributed by atoms with E-state index in [1.165, 1.54) is 0 Å². The van der Waals surface area contributed by atoms with Gasteiger partial charge in [-0.2, -0.15) is 13.2 Å². The number of alkyl halides is 5. The van der Waals surface area contributed by atoms with Crippen LogP contribution in [0, 0.1) is 0 Å². The lowest BCUT2D eigenvalue weighted by Gasteiger charge is -2.14. The van der Waals surface area contributed by atoms with Gasteiger partial charge < -0.3 is 10.8 Å². The number of carboxylic acids is 1. The van der Waals surface area contributed by atoms with Gasteiger partial charge in [0, 0.05) is 6.54 Å². The number of nitrogens with two attached hydrogens (primary N) is 1. The SMILES string of the molecule is NCc1cc(C(F)F)c(C(=O)O)nc1C(F)(F)F. The monoisotopic (exact) mass is 270 g/mol. The zero-order valence-electron chi connectivity index (χ0n) is 8.63. The number of hydrogen-bond acceptors (Lipinski definition) is 3. The summed E-state index contributed by atoms with van der Waals surface area (Å²) in [5, 5.41) is 8.57. The van der Waals surface area contributed by atoms with Gasteiger partial charge >= 0.3 is 12.1 Å². The number of aromatic nitrogens is 1. The molecule has 0 saturated heterocycles. The lowest BCUT2D eigenvalue weighted by Crippen LogP contribution is -2.19. The van der Waals surface area contributed by atoms with Gasteiger partial charge in [0.2, 0.25) is 0 Å². The Morgan fingerprint density at radius 1 is 1.44 bits per heavy atom. The van der Waals surface area contributed by atoms with Crippen molar-refractivity contribution >= 4 is 5.97 Å². The van der Waals surface area contributed by atoms with Crippen LogP contribution >= 0.6 is 0 Å². The van der Waals surface area contributed by atoms with Crippen molar-refractivity contribution in [1.82, 2.24) is 4.98 Å². The molecule has 0 amide bonds. The molecule has 0 aliphatic heterocycles. The molecule has 0 fully saturated rings. The van der Waals surface area contributed by atoms with Crippen molar-refractivity contribution in [2.24, 2.45) is 5.73 Å². The molecule has 0 spiro atoms. The van der Waals surface area contributed by atoms with Crippen molar-refractivity contribution in [1.29, 1.82) is 0 Å². The Kier molecular flexibility index (Phi) is 3.85. The molecule has 0 aromatic carbocycles. The molecule has 0 bridgehead atoms. The Morgan fingerprint density at radius 2 is 2.00 bits per heavy atom. The second-order valence-corrected chi connectivity index (χ2v) is 3.24. The second kappa shape index (κ2) is 4.84. The Bertz CT molecular complexity index is 473. The van der Waals surface area contributed by atoms with E-state index in [1.807, 2.05) is 0 Å². The highest BCUT2D eigenvalue weighted by molar-refractivity contribution is 5.87. The molecule has 0 unspecified atom stereocenters. The predicted molar refractivity (Wildman–Crippen MR) is 49.0 cm³/mol. The van der Waals surface area contributed by atoms with Gasteiger partial charge in [-0.1, -0.05) is 0 Å². The molecule has 0 atom stereocenters. The van der Waals surface area contributed by atoms with E-state index in [0.717, 1.165) is 0 Å². The van der Waals surface area contributed by atoms with E-state index < -0.39 is 47.6 Å². The number of nitrogens with zero attached hydrogens (tertiary/aromatic N) is 1. The van der Waals surface area contributed by atoms with Crippen LogP contribution in [-0.4, -0.2) is 16.1 Å². The summed E-state index contributed by atoms with van der Waals surface area (Å²) in [6.45, 7) is -0.679. The predicted octanol–water partition coefficient (Wildman–Crippen LogP) is 2.19. The van der Waals surface area contributed by atoms with E-state index in [4.69, 9.17) is 10.8 Å². The topological polar surface area (TPSA) is 76.2 Å². The minimum atomic E-state index is -4.96. The van der Waals surface area contributed by atoms with Crippen molar-refractivity contribution in [3.8, 4) is 0 Å². The smallest absolute Gasteiger partial charge is 0.433 e. The molecule has 18 heavy (non-hydrogen) atoms. The molecule has 0 aliphatic carbocycles. The van der Waals surface area contributed by atoms with Gasteiger partial charge in [-0.25, -0.2) is 18.6 Å². The molecule has 3 N–H and O–H groups in total. The summed E-state index contributed by atoms with van der Waals surface area (Å²) in [5.74, 6) is -1.96. The summed E-state index contributed by atoms with van der Waals surface area (Å²) in [6, 6.07) is 0.421. The van der Waals surface area contributed by atoms with Crippen molar-refractivity contribution in [3.63, 3.8) is 0 Å². The molecule has 1 heterocycles. The average Bonchev–Trinajstić information content (AvgIpc) is 2.25. The maximum absolute atomic E-state index is 12.5. The van der Waals surface area contributed by atoms with Gasteiger partial charge in [-0.3, -0.25) is 0 Å². The molecular formula is C9H7F5N2O2. The minimum Gasteiger partial charge on any atom is -0.476 e. The Morgan fingerprint density at radius 3 is 2.33 bits per heavy atom. The van der Waals surface area contributed by atoms with Crippen LogP contribution in [0.5, 0.6) is 0 Å². The first-order valence-corrected chi connectivity index (χ1v) is 4.51. The zero-order chi connectivity index (χ0) is 14.1. The van der Waals surface area contributed by atoms with Gasteiger partial charge in [-0.05, 0) is 11.6 Å². The van der Waals surface area contributed by atoms with Crippen molar-refractivity contribution < 1.29 is 31.9 Å². The van der Waals surface area contributed by atoms with E-state index in [0.29, 0.717) is 6.07 Å². The van der Waals surface area contributed by atoms with Crippen LogP contribution in [0.2, 0.25) is 0 Å². The maximum atomic E-state index is 12.5. The highest BCUT2D eigenvalue weighted by atomic mass is 19.4. The highest BCUT2D eigenvalue weighted by Gasteiger charge is 2.37. The number of aromatic carboxylic acids is 1. The van der Waals surface area contributed by atoms with Crippen molar-refractivity contribution in [2.45, 2.75) is 19.1 Å². The third kappa shape index (κ3) is 2.73. The van der Waals surface area contributed by atoms with Crippen LogP contribution in [0.4, 0.5) is 22.0 Å². The van der Waals surface area contributed by atoms with E-state index >= 15 is 0 Å². The molecule has 1 rings (SSSR count). The number of pyridine rings is 1. The van der Waals surface area contributed by atoms with E-state index in [-0.39, 0.29) is 0 Å². The molecule has 0 aliphatic rings. The molecule has 9 heteroatoms. The zero-order valence-corrected chi connectivity index (χ0v) is 8.63. The van der Waals surface area contributed by atoms with E-state index in [9.17, 15) is 26.7 Å². The first-order chi connectivity index (χ1) is 8.18. The normalized spacial score (nSPS) is 11.9. The fourth-order valence-corrected chi connectivity index (χ4v) is 1.31. The lowest BCUT2D eigenvalue weighted by molar-refractivity contribution is -0.141. The summed E-state index contributed by atoms with van der Waals surface area (Å²) in [4.78, 5) is 13.4. The van der Waals surface area contributed by atoms with Gasteiger partial charge in [0.25, 0.3) is 6.43 Å². The first-order valence-electron chi connectivity index (χ1n) is 4.51. The summed E-state index contributed by atoms with van der Waals surface area (Å²) in [6.07, 6.45) is -8.21. The largest absolute Gasteiger partial charge is 0.476 e. The summed E-state index contributed by atoms with van der Waals surface area (Å²) in [5.41, 5.74) is 0.358. The van der Waals surface area contributed by atoms with Gasteiger partial charge in [0.1, 0.15) is 5.69 Å². The second-order valence-electron chi connectivity index (χ2n) is 3.24. The summed E-state index contributed by atoms with van der Waals surface area (Å²) in [7, 11) is 0. The third-order valence-corrected chi connectivity index (χ3v) is 2.06. The first kappa shape index (κ1) is 14.3. The van der Waals surface area contributed by atoms with E-state index in [1.54, 1.807) is 0 Å². The van der Waals surface area contributed by atoms with Crippen molar-refractivity contribution in [2.75, 3.05) is 0 Å². The van der Waals surface area contributed by atoms with E-state index in [2.05, 4.69) is 4.98 Å². The van der Waals surface area contributed by atoms with Gasteiger partial charge in [0.15, 0.2) is 5.69 Å². The highest BCUT2D eigenvalue weighted by Crippen LogP contribution is 2.33. The van der Waals surface area contributed by atoms with Crippen LogP contribution < -0.4 is 5.73 Å². The molecule has 4 nitrogen and oxygen atoms in total. The summed E-state index contributed by atoms with van der Waals surface area (Å²) < 4.78 is 62.6. The van der Waals surface area contributed by atoms with Crippen LogP contribution in [0.1, 0.15) is 33.7 Å². The van der Waals surface area contributed by atoms with Crippen LogP contribution in [-0.2, 0) is 12.7 Å². The Labute approximate surface area is 97.2 Å². The number of rotatable bonds is 3. The molecule has 1 aromatic heterocycles. The molecule has 100 valence electrons. The fraction of sp³-hybridized carbons (Fsp3) is 0.333. The third-order valence-electron chi connectivity index (χ3n) is 2.06. The Hall–Kier alpha value is -1.77. The average molecular weight is 270 g/mol. The standard InChI is InChI=1S/C9H7F5N2O2/c10-7(11)4-1-3(2-15)6(9(12,13)14)16-5(4)8(17)18/h1,7H,2,15H2,(H,17,18). The fourth-order valence-electron chi connectivity index (χ4n) is 1.31. The minimum absolute atomic E-state index is 0.421. The summed E-state index contributed by atoms with van der Waals surface area (Å²) >= 11 is 0. The van der Waals surface area contributed by atoms with Crippen LogP contribution in [0.3, 0.4) is 0 Å². The number of carboxylic acid groups (broad SMARTS) is 1. The molecule has 0 saturated carbocycles. The quantitative estimate of drug-likeness (QED) is 0.825. The van der Waals surface area contributed by atoms with Crippen LogP contribution in [0.25, 0.3) is 0 Å². The number of hydrogen-bond donors (Lipinski definition) is 2. The van der Waals surface area contributed by atoms with Gasteiger partial charge in [0.05, 0.1) is 5.56 Å². The van der Waals surface area contributed by atoms with Gasteiger partial charge in [-0.15, -0.1) is 0 Å². The van der Waals surface area contributed by atoms with Crippen molar-refractivity contribution in [3.05, 3.63) is 28.6 Å². The number of halogens is 5.